The molecule has 0 atom stereocenters. The van der Waals surface area contributed by atoms with Crippen molar-refractivity contribution in [3.8, 4) is 5.75 Å². The van der Waals surface area contributed by atoms with Crippen molar-refractivity contribution in [2.45, 2.75) is 6.92 Å². The lowest BCUT2D eigenvalue weighted by Crippen LogP contribution is -2.29. The van der Waals surface area contributed by atoms with E-state index in [0.717, 1.165) is 5.56 Å². The maximum Gasteiger partial charge on any atom is 0.322 e. The van der Waals surface area contributed by atoms with Crippen LogP contribution in [0.2, 0.25) is 0 Å². The first kappa shape index (κ1) is 12.0. The van der Waals surface area contributed by atoms with Crippen molar-refractivity contribution >= 4 is 11.9 Å². The molecule has 16 heavy (non-hydrogen) atoms. The first-order valence-corrected chi connectivity index (χ1v) is 4.70. The first-order chi connectivity index (χ1) is 7.56. The molecule has 1 aromatic rings. The highest BCUT2D eigenvalue weighted by molar-refractivity contribution is 5.98. The fourth-order valence-corrected chi connectivity index (χ4v) is 1.35. The third-order valence-electron chi connectivity index (χ3n) is 2.06. The lowest BCUT2D eigenvalue weighted by Gasteiger charge is -2.10. The molecule has 1 aromatic carbocycles. The Morgan fingerprint density at radius 1 is 1.44 bits per heavy atom. The number of rotatable bonds is 4. The van der Waals surface area contributed by atoms with Crippen LogP contribution in [-0.4, -0.2) is 30.6 Å². The molecule has 0 aromatic heterocycles. The molecule has 0 radical (unpaired) electrons. The minimum Gasteiger partial charge on any atom is -0.496 e. The number of carbonyl (C=O) groups is 2. The number of ether oxygens (including phenoxy) is 1. The summed E-state index contributed by atoms with van der Waals surface area (Å²) in [5, 5.41) is 10.7. The van der Waals surface area contributed by atoms with Crippen molar-refractivity contribution in [1.29, 1.82) is 0 Å². The number of benzene rings is 1. The van der Waals surface area contributed by atoms with Crippen molar-refractivity contribution < 1.29 is 19.4 Å². The lowest BCUT2D eigenvalue weighted by molar-refractivity contribution is -0.135. The number of aryl methyl sites for hydroxylation is 1. The maximum absolute atomic E-state index is 11.6. The van der Waals surface area contributed by atoms with Gasteiger partial charge in [0.25, 0.3) is 5.91 Å². The van der Waals surface area contributed by atoms with Gasteiger partial charge in [0.1, 0.15) is 12.3 Å². The number of para-hydroxylation sites is 1. The number of nitrogens with one attached hydrogen (secondary N) is 1. The van der Waals surface area contributed by atoms with Gasteiger partial charge in [-0.25, -0.2) is 0 Å². The van der Waals surface area contributed by atoms with Gasteiger partial charge in [0, 0.05) is 0 Å². The number of hydrogen-bond acceptors (Lipinski definition) is 3. The summed E-state index contributed by atoms with van der Waals surface area (Å²) in [6, 6.07) is 5.11. The van der Waals surface area contributed by atoms with Crippen molar-refractivity contribution in [1.82, 2.24) is 5.32 Å². The van der Waals surface area contributed by atoms with Crippen molar-refractivity contribution in [2.24, 2.45) is 0 Å². The molecule has 86 valence electrons. The molecular formula is C11H13NO4. The van der Waals surface area contributed by atoms with Crippen LogP contribution in [0.1, 0.15) is 15.9 Å². The van der Waals surface area contributed by atoms with E-state index in [-0.39, 0.29) is 0 Å². The third-order valence-corrected chi connectivity index (χ3v) is 2.06. The fourth-order valence-electron chi connectivity index (χ4n) is 1.35. The zero-order valence-corrected chi connectivity index (χ0v) is 9.11. The average molecular weight is 223 g/mol. The normalized spacial score (nSPS) is 9.62. The van der Waals surface area contributed by atoms with Crippen LogP contribution in [0, 0.1) is 6.92 Å². The van der Waals surface area contributed by atoms with Crippen LogP contribution in [0.15, 0.2) is 18.2 Å². The van der Waals surface area contributed by atoms with Gasteiger partial charge in [-0.2, -0.15) is 0 Å². The van der Waals surface area contributed by atoms with Crippen LogP contribution in [0.4, 0.5) is 0 Å². The number of methoxy groups -OCH3 is 1. The summed E-state index contributed by atoms with van der Waals surface area (Å²) in [5.41, 5.74) is 1.16. The molecule has 0 aliphatic rings. The van der Waals surface area contributed by atoms with Crippen LogP contribution >= 0.6 is 0 Å². The third kappa shape index (κ3) is 2.73. The highest BCUT2D eigenvalue weighted by Crippen LogP contribution is 2.22. The number of amides is 1. The van der Waals surface area contributed by atoms with Gasteiger partial charge in [0.05, 0.1) is 12.7 Å². The summed E-state index contributed by atoms with van der Waals surface area (Å²) >= 11 is 0. The molecule has 0 heterocycles. The molecular weight excluding hydrogens is 210 g/mol. The van der Waals surface area contributed by atoms with Gasteiger partial charge in [0.2, 0.25) is 0 Å². The van der Waals surface area contributed by atoms with Crippen molar-refractivity contribution in [3.05, 3.63) is 29.3 Å². The maximum atomic E-state index is 11.6. The monoisotopic (exact) mass is 223 g/mol. The lowest BCUT2D eigenvalue weighted by atomic mass is 10.1. The molecule has 0 bridgehead atoms. The molecule has 2 N–H and O–H groups in total. The molecule has 0 saturated carbocycles. The van der Waals surface area contributed by atoms with Crippen molar-refractivity contribution in [2.75, 3.05) is 13.7 Å². The van der Waals surface area contributed by atoms with E-state index in [1.54, 1.807) is 12.1 Å². The molecule has 0 aliphatic carbocycles. The van der Waals surface area contributed by atoms with E-state index >= 15 is 0 Å². The van der Waals surface area contributed by atoms with Crippen LogP contribution < -0.4 is 10.1 Å². The molecule has 1 amide bonds. The SMILES string of the molecule is COc1c(C)cccc1C(=O)NCC(=O)O. The number of carboxylic acids is 1. The fraction of sp³-hybridized carbons (Fsp3) is 0.273. The number of aliphatic carboxylic acids is 1. The summed E-state index contributed by atoms with van der Waals surface area (Å²) in [7, 11) is 1.47. The molecule has 5 heteroatoms. The molecule has 5 nitrogen and oxygen atoms in total. The highest BCUT2D eigenvalue weighted by atomic mass is 16.5. The minimum atomic E-state index is -1.08. The molecule has 0 fully saturated rings. The van der Waals surface area contributed by atoms with Gasteiger partial charge in [0.15, 0.2) is 0 Å². The van der Waals surface area contributed by atoms with E-state index in [1.165, 1.54) is 7.11 Å². The Hall–Kier alpha value is -2.04. The predicted octanol–water partition coefficient (Wildman–Crippen LogP) is 0.818. The second-order valence-corrected chi connectivity index (χ2v) is 3.23. The number of carbonyl (C=O) groups excluding carboxylic acids is 1. The summed E-state index contributed by atoms with van der Waals surface area (Å²) in [6.07, 6.45) is 0. The Bertz CT molecular complexity index is 414. The first-order valence-electron chi connectivity index (χ1n) is 4.70. The smallest absolute Gasteiger partial charge is 0.322 e. The van der Waals surface area contributed by atoms with E-state index in [0.29, 0.717) is 11.3 Å². The van der Waals surface area contributed by atoms with Gasteiger partial charge in [-0.15, -0.1) is 0 Å². The summed E-state index contributed by atoms with van der Waals surface area (Å²) in [5.74, 6) is -1.08. The summed E-state index contributed by atoms with van der Waals surface area (Å²) < 4.78 is 5.10. The molecule has 0 aliphatic heterocycles. The number of hydrogen-bond donors (Lipinski definition) is 2. The molecule has 0 spiro atoms. The van der Waals surface area contributed by atoms with Gasteiger partial charge < -0.3 is 15.2 Å². The van der Waals surface area contributed by atoms with E-state index in [4.69, 9.17) is 9.84 Å². The highest BCUT2D eigenvalue weighted by Gasteiger charge is 2.14. The topological polar surface area (TPSA) is 75.6 Å². The Kier molecular flexibility index (Phi) is 3.88. The van der Waals surface area contributed by atoms with Gasteiger partial charge in [-0.05, 0) is 18.6 Å². The van der Waals surface area contributed by atoms with Gasteiger partial charge in [-0.1, -0.05) is 12.1 Å². The largest absolute Gasteiger partial charge is 0.496 e. The van der Waals surface area contributed by atoms with Crippen molar-refractivity contribution in [3.63, 3.8) is 0 Å². The van der Waals surface area contributed by atoms with Crippen LogP contribution in [0.5, 0.6) is 5.75 Å². The van der Waals surface area contributed by atoms with Crippen LogP contribution in [0.25, 0.3) is 0 Å². The second kappa shape index (κ2) is 5.16. The van der Waals surface area contributed by atoms with Gasteiger partial charge >= 0.3 is 5.97 Å². The zero-order valence-electron chi connectivity index (χ0n) is 9.11. The van der Waals surface area contributed by atoms with E-state index in [1.807, 2.05) is 13.0 Å². The Morgan fingerprint density at radius 2 is 2.12 bits per heavy atom. The minimum absolute atomic E-state index is 0.337. The standard InChI is InChI=1S/C11H13NO4/c1-7-4-3-5-8(10(7)16-2)11(15)12-6-9(13)14/h3-5H,6H2,1-2H3,(H,12,15)(H,13,14). The van der Waals surface area contributed by atoms with Crippen LogP contribution in [0.3, 0.4) is 0 Å². The van der Waals surface area contributed by atoms with E-state index in [9.17, 15) is 9.59 Å². The predicted molar refractivity (Wildman–Crippen MR) is 57.7 cm³/mol. The van der Waals surface area contributed by atoms with E-state index in [2.05, 4.69) is 5.32 Å². The zero-order chi connectivity index (χ0) is 12.1. The summed E-state index contributed by atoms with van der Waals surface area (Å²) in [4.78, 5) is 21.9. The number of carboxylic acid groups (broad SMARTS) is 1. The molecule has 1 rings (SSSR count). The van der Waals surface area contributed by atoms with Crippen LogP contribution in [-0.2, 0) is 4.79 Å². The summed E-state index contributed by atoms with van der Waals surface area (Å²) in [6.45, 7) is 1.41. The Labute approximate surface area is 93.0 Å². The second-order valence-electron chi connectivity index (χ2n) is 3.23. The van der Waals surface area contributed by atoms with E-state index < -0.39 is 18.4 Å². The molecule has 0 saturated heterocycles. The quantitative estimate of drug-likeness (QED) is 0.792. The Morgan fingerprint density at radius 3 is 2.69 bits per heavy atom. The molecule has 0 unspecified atom stereocenters. The average Bonchev–Trinajstić information content (AvgIpc) is 2.25. The van der Waals surface area contributed by atoms with Gasteiger partial charge in [-0.3, -0.25) is 9.59 Å². The Balaban J connectivity index is 2.90.